The fourth-order valence-corrected chi connectivity index (χ4v) is 0.965. The Kier molecular flexibility index (Phi) is 4.83. The standard InChI is InChI=1S/C10H19NO/c1-8(2)6-11(5)7-10(12)9(3)4/h9H,1,6-7H2,2-5H3. The Balaban J connectivity index is 3.76. The summed E-state index contributed by atoms with van der Waals surface area (Å²) in [6.07, 6.45) is 0. The maximum absolute atomic E-state index is 11.3. The first-order valence-corrected chi connectivity index (χ1v) is 4.29. The predicted octanol–water partition coefficient (Wildman–Crippen LogP) is 1.72. The van der Waals surface area contributed by atoms with Crippen LogP contribution in [-0.2, 0) is 4.79 Å². The highest BCUT2D eigenvalue weighted by Gasteiger charge is 2.09. The summed E-state index contributed by atoms with van der Waals surface area (Å²) in [7, 11) is 1.94. The van der Waals surface area contributed by atoms with Crippen molar-refractivity contribution in [2.45, 2.75) is 20.8 Å². The summed E-state index contributed by atoms with van der Waals surface area (Å²) in [6, 6.07) is 0. The summed E-state index contributed by atoms with van der Waals surface area (Å²) in [5.74, 6) is 0.427. The quantitative estimate of drug-likeness (QED) is 0.584. The minimum atomic E-state index is 0.137. The summed E-state index contributed by atoms with van der Waals surface area (Å²) in [6.45, 7) is 11.0. The molecule has 0 aliphatic heterocycles. The smallest absolute Gasteiger partial charge is 0.149 e. The van der Waals surface area contributed by atoms with E-state index in [2.05, 4.69) is 6.58 Å². The molecule has 0 aromatic rings. The van der Waals surface area contributed by atoms with Crippen LogP contribution in [-0.4, -0.2) is 30.8 Å². The zero-order chi connectivity index (χ0) is 9.72. The van der Waals surface area contributed by atoms with Crippen molar-refractivity contribution in [1.29, 1.82) is 0 Å². The van der Waals surface area contributed by atoms with Crippen LogP contribution in [0, 0.1) is 5.92 Å². The van der Waals surface area contributed by atoms with Gasteiger partial charge >= 0.3 is 0 Å². The number of Topliss-reactive ketones (excluding diaryl/α,β-unsaturated/α-hetero) is 1. The lowest BCUT2D eigenvalue weighted by Crippen LogP contribution is -2.29. The molecule has 0 aliphatic rings. The van der Waals surface area contributed by atoms with Gasteiger partial charge in [-0.25, -0.2) is 0 Å². The van der Waals surface area contributed by atoms with Crippen molar-refractivity contribution < 1.29 is 4.79 Å². The molecule has 0 amide bonds. The monoisotopic (exact) mass is 169 g/mol. The van der Waals surface area contributed by atoms with Gasteiger partial charge < -0.3 is 0 Å². The van der Waals surface area contributed by atoms with Crippen LogP contribution >= 0.6 is 0 Å². The molecule has 2 heteroatoms. The SMILES string of the molecule is C=C(C)CN(C)CC(=O)C(C)C. The van der Waals surface area contributed by atoms with Gasteiger partial charge in [0.15, 0.2) is 0 Å². The Morgan fingerprint density at radius 2 is 1.92 bits per heavy atom. The van der Waals surface area contributed by atoms with Gasteiger partial charge in [-0.15, -0.1) is 0 Å². The Morgan fingerprint density at radius 3 is 2.25 bits per heavy atom. The van der Waals surface area contributed by atoms with E-state index in [1.54, 1.807) is 0 Å². The summed E-state index contributed by atoms with van der Waals surface area (Å²) >= 11 is 0. The average Bonchev–Trinajstić information content (AvgIpc) is 1.84. The van der Waals surface area contributed by atoms with Gasteiger partial charge in [0.05, 0.1) is 6.54 Å². The van der Waals surface area contributed by atoms with Crippen LogP contribution in [0.1, 0.15) is 20.8 Å². The molecule has 70 valence electrons. The normalized spacial score (nSPS) is 10.8. The second-order valence-corrected chi connectivity index (χ2v) is 3.75. The van der Waals surface area contributed by atoms with E-state index in [0.717, 1.165) is 12.1 Å². The topological polar surface area (TPSA) is 20.3 Å². The van der Waals surface area contributed by atoms with Crippen LogP contribution in [0.25, 0.3) is 0 Å². The minimum absolute atomic E-state index is 0.137. The molecule has 0 rings (SSSR count). The average molecular weight is 169 g/mol. The third kappa shape index (κ3) is 5.08. The lowest BCUT2D eigenvalue weighted by molar-refractivity contribution is -0.122. The number of carbonyl (C=O) groups excluding carboxylic acids is 1. The zero-order valence-corrected chi connectivity index (χ0v) is 8.55. The molecule has 0 N–H and O–H groups in total. The van der Waals surface area contributed by atoms with E-state index in [1.807, 2.05) is 32.7 Å². The summed E-state index contributed by atoms with van der Waals surface area (Å²) in [4.78, 5) is 13.3. The van der Waals surface area contributed by atoms with Crippen LogP contribution < -0.4 is 0 Å². The maximum Gasteiger partial charge on any atom is 0.149 e. The summed E-state index contributed by atoms with van der Waals surface area (Å²) in [5, 5.41) is 0. The molecule has 0 spiro atoms. The lowest BCUT2D eigenvalue weighted by Gasteiger charge is -2.16. The van der Waals surface area contributed by atoms with Gasteiger partial charge in [0.1, 0.15) is 5.78 Å². The number of likely N-dealkylation sites (N-methyl/N-ethyl adjacent to an activating group) is 1. The van der Waals surface area contributed by atoms with Gasteiger partial charge in [-0.3, -0.25) is 9.69 Å². The molecule has 0 fully saturated rings. The Labute approximate surface area is 75.3 Å². The zero-order valence-electron chi connectivity index (χ0n) is 8.55. The molecule has 0 saturated carbocycles. The van der Waals surface area contributed by atoms with Crippen LogP contribution in [0.15, 0.2) is 12.2 Å². The van der Waals surface area contributed by atoms with Gasteiger partial charge in [0.25, 0.3) is 0 Å². The van der Waals surface area contributed by atoms with Gasteiger partial charge in [-0.05, 0) is 14.0 Å². The lowest BCUT2D eigenvalue weighted by atomic mass is 10.1. The number of hydrogen-bond donors (Lipinski definition) is 0. The van der Waals surface area contributed by atoms with Crippen molar-refractivity contribution in [2.24, 2.45) is 5.92 Å². The Hall–Kier alpha value is -0.630. The maximum atomic E-state index is 11.3. The summed E-state index contributed by atoms with van der Waals surface area (Å²) in [5.41, 5.74) is 1.09. The van der Waals surface area contributed by atoms with E-state index in [9.17, 15) is 4.79 Å². The molecule has 0 saturated heterocycles. The first-order valence-electron chi connectivity index (χ1n) is 4.29. The van der Waals surface area contributed by atoms with Gasteiger partial charge in [-0.2, -0.15) is 0 Å². The van der Waals surface area contributed by atoms with Gasteiger partial charge in [0, 0.05) is 12.5 Å². The molecule has 0 radical (unpaired) electrons. The fourth-order valence-electron chi connectivity index (χ4n) is 0.965. The van der Waals surface area contributed by atoms with E-state index in [-0.39, 0.29) is 5.92 Å². The van der Waals surface area contributed by atoms with Crippen molar-refractivity contribution in [2.75, 3.05) is 20.1 Å². The molecule has 0 unspecified atom stereocenters. The van der Waals surface area contributed by atoms with Crippen molar-refractivity contribution in [3.8, 4) is 0 Å². The Morgan fingerprint density at radius 1 is 1.42 bits per heavy atom. The molecule has 0 heterocycles. The molecule has 0 aliphatic carbocycles. The van der Waals surface area contributed by atoms with Gasteiger partial charge in [0.2, 0.25) is 0 Å². The second kappa shape index (κ2) is 5.09. The molecule has 0 bridgehead atoms. The van der Waals surface area contributed by atoms with Crippen molar-refractivity contribution in [3.63, 3.8) is 0 Å². The molecular formula is C10H19NO. The highest BCUT2D eigenvalue weighted by Crippen LogP contribution is 1.98. The molecule has 0 aromatic carbocycles. The Bertz CT molecular complexity index is 173. The first kappa shape index (κ1) is 11.4. The predicted molar refractivity (Wildman–Crippen MR) is 52.2 cm³/mol. The first-order chi connectivity index (χ1) is 5.43. The molecule has 2 nitrogen and oxygen atoms in total. The van der Waals surface area contributed by atoms with Crippen LogP contribution in [0.5, 0.6) is 0 Å². The highest BCUT2D eigenvalue weighted by molar-refractivity contribution is 5.82. The van der Waals surface area contributed by atoms with Gasteiger partial charge in [-0.1, -0.05) is 26.0 Å². The molecule has 0 aromatic heterocycles. The number of carbonyl (C=O) groups is 1. The number of nitrogens with zero attached hydrogens (tertiary/aromatic N) is 1. The summed E-state index contributed by atoms with van der Waals surface area (Å²) < 4.78 is 0. The second-order valence-electron chi connectivity index (χ2n) is 3.75. The fraction of sp³-hybridized carbons (Fsp3) is 0.700. The van der Waals surface area contributed by atoms with E-state index in [1.165, 1.54) is 0 Å². The van der Waals surface area contributed by atoms with E-state index in [0.29, 0.717) is 12.3 Å². The van der Waals surface area contributed by atoms with Crippen LogP contribution in [0.3, 0.4) is 0 Å². The van der Waals surface area contributed by atoms with Crippen molar-refractivity contribution in [1.82, 2.24) is 4.90 Å². The van der Waals surface area contributed by atoms with Crippen molar-refractivity contribution in [3.05, 3.63) is 12.2 Å². The third-order valence-corrected chi connectivity index (χ3v) is 1.61. The third-order valence-electron chi connectivity index (χ3n) is 1.61. The molecular weight excluding hydrogens is 150 g/mol. The van der Waals surface area contributed by atoms with Crippen LogP contribution in [0.4, 0.5) is 0 Å². The van der Waals surface area contributed by atoms with Crippen LogP contribution in [0.2, 0.25) is 0 Å². The number of ketones is 1. The largest absolute Gasteiger partial charge is 0.298 e. The number of rotatable bonds is 5. The van der Waals surface area contributed by atoms with E-state index < -0.39 is 0 Å². The van der Waals surface area contributed by atoms with Crippen molar-refractivity contribution >= 4 is 5.78 Å². The number of hydrogen-bond acceptors (Lipinski definition) is 2. The molecule has 0 atom stereocenters. The van der Waals surface area contributed by atoms with E-state index in [4.69, 9.17) is 0 Å². The highest BCUT2D eigenvalue weighted by atomic mass is 16.1. The molecule has 12 heavy (non-hydrogen) atoms. The van der Waals surface area contributed by atoms with E-state index >= 15 is 0 Å². The minimum Gasteiger partial charge on any atom is -0.298 e.